The monoisotopic (exact) mass is 653 g/mol. The molecule has 0 N–H and O–H groups in total. The average molecular weight is 654 g/mol. The van der Waals surface area contributed by atoms with Crippen molar-refractivity contribution in [3.63, 3.8) is 0 Å². The van der Waals surface area contributed by atoms with Gasteiger partial charge >= 0.3 is 0 Å². The van der Waals surface area contributed by atoms with E-state index in [2.05, 4.69) is 164 Å². The van der Waals surface area contributed by atoms with Crippen molar-refractivity contribution in [1.82, 2.24) is 15.0 Å². The van der Waals surface area contributed by atoms with Crippen molar-refractivity contribution in [3.8, 4) is 51.0 Å². The lowest BCUT2D eigenvalue weighted by atomic mass is 9.81. The predicted molar refractivity (Wildman–Crippen MR) is 207 cm³/mol. The van der Waals surface area contributed by atoms with Crippen LogP contribution in [0.3, 0.4) is 0 Å². The number of nitrogens with zero attached hydrogens (tertiary/aromatic N) is 3. The first-order valence-corrected chi connectivity index (χ1v) is 17.3. The number of aromatic nitrogens is 3. The minimum atomic E-state index is 0.00184. The summed E-state index contributed by atoms with van der Waals surface area (Å²) in [7, 11) is 0. The third kappa shape index (κ3) is 5.29. The molecular weight excluding hydrogens is 623 g/mol. The average Bonchev–Trinajstić information content (AvgIpc) is 3.59. The van der Waals surface area contributed by atoms with Gasteiger partial charge in [0, 0.05) is 22.3 Å². The minimum absolute atomic E-state index is 0.00184. The molecule has 2 heterocycles. The summed E-state index contributed by atoms with van der Waals surface area (Å²) >= 11 is 0. The van der Waals surface area contributed by atoms with Crippen LogP contribution in [0.4, 0.5) is 0 Å². The van der Waals surface area contributed by atoms with Gasteiger partial charge in [0.2, 0.25) is 0 Å². The predicted octanol–water partition coefficient (Wildman–Crippen LogP) is 11.3. The van der Waals surface area contributed by atoms with E-state index in [-0.39, 0.29) is 12.0 Å². The Morgan fingerprint density at radius 2 is 0.980 bits per heavy atom. The Kier molecular flexibility index (Phi) is 6.91. The first-order valence-electron chi connectivity index (χ1n) is 17.3. The van der Waals surface area contributed by atoms with Gasteiger partial charge in [0.1, 0.15) is 11.9 Å². The van der Waals surface area contributed by atoms with Gasteiger partial charge in [0.25, 0.3) is 0 Å². The fraction of sp³-hybridized carbons (Fsp3) is 0.0426. The van der Waals surface area contributed by atoms with Gasteiger partial charge in [-0.05, 0) is 80.2 Å². The molecule has 240 valence electrons. The number of ether oxygens (including phenoxy) is 1. The summed E-state index contributed by atoms with van der Waals surface area (Å²) in [4.78, 5) is 15.3. The first kappa shape index (κ1) is 29.3. The van der Waals surface area contributed by atoms with E-state index in [0.717, 1.165) is 49.7 Å². The summed E-state index contributed by atoms with van der Waals surface area (Å²) < 4.78 is 6.33. The molecule has 2 aliphatic rings. The SMILES string of the molecule is C1=CC2Oc3ccccc3C2C(c2ccc3ccc(-c4nc(-c5cccc(-c6ccccc6)c5)nc(-c5ccc6ccccc6c5)n4)cc3c2)=C1. The summed E-state index contributed by atoms with van der Waals surface area (Å²) in [6.07, 6.45) is 6.52. The van der Waals surface area contributed by atoms with Gasteiger partial charge in [-0.3, -0.25) is 0 Å². The molecule has 4 nitrogen and oxygen atoms in total. The third-order valence-corrected chi connectivity index (χ3v) is 10.1. The molecule has 2 unspecified atom stereocenters. The number of allylic oxidation sites excluding steroid dienone is 2. The highest BCUT2D eigenvalue weighted by atomic mass is 16.5. The molecule has 2 atom stereocenters. The van der Waals surface area contributed by atoms with Crippen molar-refractivity contribution in [1.29, 1.82) is 0 Å². The maximum Gasteiger partial charge on any atom is 0.164 e. The smallest absolute Gasteiger partial charge is 0.164 e. The lowest BCUT2D eigenvalue weighted by molar-refractivity contribution is 0.271. The van der Waals surface area contributed by atoms with Gasteiger partial charge in [-0.15, -0.1) is 0 Å². The van der Waals surface area contributed by atoms with Crippen molar-refractivity contribution in [3.05, 3.63) is 187 Å². The molecular formula is C47H31N3O. The molecule has 10 rings (SSSR count). The van der Waals surface area contributed by atoms with Crippen molar-refractivity contribution < 1.29 is 4.74 Å². The van der Waals surface area contributed by atoms with Crippen LogP contribution < -0.4 is 4.74 Å². The fourth-order valence-electron chi connectivity index (χ4n) is 7.50. The Hall–Kier alpha value is -6.65. The van der Waals surface area contributed by atoms with E-state index in [1.165, 1.54) is 22.1 Å². The van der Waals surface area contributed by atoms with Crippen LogP contribution in [-0.2, 0) is 0 Å². The normalized spacial score (nSPS) is 16.0. The van der Waals surface area contributed by atoms with Crippen LogP contribution in [0.25, 0.3) is 72.4 Å². The highest BCUT2D eigenvalue weighted by Crippen LogP contribution is 2.48. The second-order valence-corrected chi connectivity index (χ2v) is 13.2. The number of hydrogen-bond donors (Lipinski definition) is 0. The van der Waals surface area contributed by atoms with Crippen molar-refractivity contribution in [2.24, 2.45) is 0 Å². The minimum Gasteiger partial charge on any atom is -0.485 e. The zero-order valence-corrected chi connectivity index (χ0v) is 27.6. The van der Waals surface area contributed by atoms with E-state index in [1.54, 1.807) is 0 Å². The molecule has 0 saturated carbocycles. The van der Waals surface area contributed by atoms with E-state index in [0.29, 0.717) is 17.5 Å². The maximum atomic E-state index is 6.33. The van der Waals surface area contributed by atoms with Gasteiger partial charge < -0.3 is 4.74 Å². The maximum absolute atomic E-state index is 6.33. The highest BCUT2D eigenvalue weighted by molar-refractivity contribution is 5.91. The molecule has 0 saturated heterocycles. The van der Waals surface area contributed by atoms with Crippen LogP contribution >= 0.6 is 0 Å². The summed E-state index contributed by atoms with van der Waals surface area (Å²) in [6, 6.07) is 55.2. The number of benzene rings is 7. The third-order valence-electron chi connectivity index (χ3n) is 10.1. The summed E-state index contributed by atoms with van der Waals surface area (Å²) in [5.41, 5.74) is 8.78. The Balaban J connectivity index is 1.10. The van der Waals surface area contributed by atoms with E-state index in [1.807, 2.05) is 12.1 Å². The molecule has 8 aromatic rings. The van der Waals surface area contributed by atoms with Crippen molar-refractivity contribution in [2.45, 2.75) is 12.0 Å². The second-order valence-electron chi connectivity index (χ2n) is 13.2. The Labute approximate surface area is 296 Å². The van der Waals surface area contributed by atoms with Gasteiger partial charge in [0.05, 0.1) is 5.92 Å². The van der Waals surface area contributed by atoms with Crippen LogP contribution in [-0.4, -0.2) is 21.1 Å². The van der Waals surface area contributed by atoms with E-state index < -0.39 is 0 Å². The largest absolute Gasteiger partial charge is 0.485 e. The Morgan fingerprint density at radius 1 is 0.412 bits per heavy atom. The highest BCUT2D eigenvalue weighted by Gasteiger charge is 2.36. The molecule has 1 aliphatic carbocycles. The lowest BCUT2D eigenvalue weighted by Crippen LogP contribution is -2.19. The molecule has 0 spiro atoms. The summed E-state index contributed by atoms with van der Waals surface area (Å²) in [5, 5.41) is 4.62. The molecule has 51 heavy (non-hydrogen) atoms. The van der Waals surface area contributed by atoms with Crippen molar-refractivity contribution in [2.75, 3.05) is 0 Å². The first-order chi connectivity index (χ1) is 25.2. The zero-order valence-electron chi connectivity index (χ0n) is 27.6. The fourth-order valence-corrected chi connectivity index (χ4v) is 7.50. The quantitative estimate of drug-likeness (QED) is 0.185. The zero-order chi connectivity index (χ0) is 33.7. The topological polar surface area (TPSA) is 47.9 Å². The second kappa shape index (κ2) is 12.0. The van der Waals surface area contributed by atoms with Crippen molar-refractivity contribution >= 4 is 27.1 Å². The van der Waals surface area contributed by atoms with Crippen LogP contribution in [0, 0.1) is 0 Å². The number of para-hydroxylation sites is 1. The molecule has 4 heteroatoms. The van der Waals surface area contributed by atoms with Crippen LogP contribution in [0.2, 0.25) is 0 Å². The van der Waals surface area contributed by atoms with Gasteiger partial charge in [0.15, 0.2) is 17.5 Å². The van der Waals surface area contributed by atoms with Crippen LogP contribution in [0.15, 0.2) is 176 Å². The molecule has 0 radical (unpaired) electrons. The molecule has 7 aromatic carbocycles. The lowest BCUT2D eigenvalue weighted by Gasteiger charge is -2.23. The molecule has 1 aromatic heterocycles. The van der Waals surface area contributed by atoms with Crippen LogP contribution in [0.5, 0.6) is 5.75 Å². The van der Waals surface area contributed by atoms with Crippen LogP contribution in [0.1, 0.15) is 17.0 Å². The Bertz CT molecular complexity index is 2690. The molecule has 0 amide bonds. The van der Waals surface area contributed by atoms with Gasteiger partial charge in [-0.2, -0.15) is 0 Å². The summed E-state index contributed by atoms with van der Waals surface area (Å²) in [5.74, 6) is 3.05. The molecule has 1 aliphatic heterocycles. The standard InChI is InChI=1S/C47H31N3O/c1-2-10-30(11-3-1)34-14-8-15-36(26-34)45-48-46(37-24-21-31-12-4-5-13-33(31)27-37)50-47(49-45)38-25-22-32-20-23-35(28-39(32)29-38)40-17-9-19-43-44(40)41-16-6-7-18-42(41)51-43/h1-29,43-44H. The number of hydrogen-bond acceptors (Lipinski definition) is 4. The molecule has 0 bridgehead atoms. The number of rotatable bonds is 5. The van der Waals surface area contributed by atoms with E-state index >= 15 is 0 Å². The van der Waals surface area contributed by atoms with Gasteiger partial charge in [-0.1, -0.05) is 140 Å². The van der Waals surface area contributed by atoms with Gasteiger partial charge in [-0.25, -0.2) is 15.0 Å². The number of fused-ring (bicyclic) bond motifs is 5. The molecule has 0 fully saturated rings. The summed E-state index contributed by atoms with van der Waals surface area (Å²) in [6.45, 7) is 0. The van der Waals surface area contributed by atoms with E-state index in [4.69, 9.17) is 19.7 Å². The van der Waals surface area contributed by atoms with E-state index in [9.17, 15) is 0 Å². The Morgan fingerprint density at radius 3 is 1.76 bits per heavy atom.